The van der Waals surface area contributed by atoms with Crippen molar-refractivity contribution < 1.29 is 24.0 Å². The number of amides is 5. The van der Waals surface area contributed by atoms with Crippen molar-refractivity contribution in [2.75, 3.05) is 26.2 Å². The van der Waals surface area contributed by atoms with Gasteiger partial charge >= 0.3 is 0 Å². The minimum absolute atomic E-state index is 0.192. The first kappa shape index (κ1) is 51.2. The van der Waals surface area contributed by atoms with Gasteiger partial charge in [0, 0.05) is 6.42 Å². The predicted octanol–water partition coefficient (Wildman–Crippen LogP) is 3.41. The number of nitrogens with one attached hydrogen (secondary N) is 4. The van der Waals surface area contributed by atoms with Crippen molar-refractivity contribution >= 4 is 29.5 Å². The SMILES string of the molecule is CCCCCCCCCCCCCCCC(=O)N[C@@H](CCCCN)C(=O)N[C@@H](CCCCN)C(=O)N[C@@H](CCCCN)C(=O)N[C@@H](CCCCN)C(N)=O. The predicted molar refractivity (Wildman–Crippen MR) is 219 cm³/mol. The fraction of sp³-hybridized carbons (Fsp3) is 0.875. The van der Waals surface area contributed by atoms with Gasteiger partial charge in [-0.05, 0) is 110 Å². The van der Waals surface area contributed by atoms with E-state index in [1.165, 1.54) is 64.2 Å². The highest BCUT2D eigenvalue weighted by Crippen LogP contribution is 2.14. The highest BCUT2D eigenvalue weighted by atomic mass is 16.2. The van der Waals surface area contributed by atoms with Crippen LogP contribution in [0.5, 0.6) is 0 Å². The standard InChI is InChI=1S/C40H81N9O5/c1-2-3-4-5-6-7-8-9-10-11-12-13-14-27-36(50)46-33(24-16-20-29-42)38(52)48-35(26-18-22-31-44)40(54)49-34(25-17-21-30-43)39(53)47-32(37(45)51)23-15-19-28-41/h32-35H,2-31,41-44H2,1H3,(H2,45,51)(H,46,50)(H,47,53)(H,48,52)(H,49,54)/t32-,33-,34-,35-/m0/s1. The van der Waals surface area contributed by atoms with Crippen molar-refractivity contribution in [2.45, 2.75) is 198 Å². The Morgan fingerprint density at radius 3 is 1.02 bits per heavy atom. The molecule has 0 aliphatic carbocycles. The second-order valence-electron chi connectivity index (χ2n) is 14.8. The second kappa shape index (κ2) is 35.9. The minimum atomic E-state index is -0.977. The molecule has 0 aromatic heterocycles. The lowest BCUT2D eigenvalue weighted by Crippen LogP contribution is -2.58. The van der Waals surface area contributed by atoms with E-state index >= 15 is 0 Å². The van der Waals surface area contributed by atoms with Crippen molar-refractivity contribution in [3.05, 3.63) is 0 Å². The van der Waals surface area contributed by atoms with E-state index < -0.39 is 47.8 Å². The zero-order chi connectivity index (χ0) is 40.2. The summed E-state index contributed by atoms with van der Waals surface area (Å²) >= 11 is 0. The Morgan fingerprint density at radius 2 is 0.685 bits per heavy atom. The summed E-state index contributed by atoms with van der Waals surface area (Å²) in [6.07, 6.45) is 22.4. The average molecular weight is 768 g/mol. The van der Waals surface area contributed by atoms with Gasteiger partial charge in [-0.3, -0.25) is 24.0 Å². The van der Waals surface area contributed by atoms with Crippen molar-refractivity contribution in [3.63, 3.8) is 0 Å². The zero-order valence-corrected chi connectivity index (χ0v) is 34.0. The number of unbranched alkanes of at least 4 members (excludes halogenated alkanes) is 16. The minimum Gasteiger partial charge on any atom is -0.368 e. The highest BCUT2D eigenvalue weighted by molar-refractivity contribution is 5.95. The second-order valence-corrected chi connectivity index (χ2v) is 14.8. The normalized spacial score (nSPS) is 13.4. The first-order valence-corrected chi connectivity index (χ1v) is 21.4. The number of carbonyl (C=O) groups excluding carboxylic acids is 5. The molecule has 0 saturated carbocycles. The number of rotatable bonds is 38. The summed E-state index contributed by atoms with van der Waals surface area (Å²) in [6, 6.07) is -3.69. The van der Waals surface area contributed by atoms with Crippen molar-refractivity contribution in [1.29, 1.82) is 0 Å². The molecule has 0 aromatic carbocycles. The smallest absolute Gasteiger partial charge is 0.243 e. The molecule has 0 aliphatic rings. The molecule has 54 heavy (non-hydrogen) atoms. The summed E-state index contributed by atoms with van der Waals surface area (Å²) in [7, 11) is 0. The summed E-state index contributed by atoms with van der Waals surface area (Å²) in [5, 5.41) is 11.3. The summed E-state index contributed by atoms with van der Waals surface area (Å²) in [4.78, 5) is 65.9. The van der Waals surface area contributed by atoms with Crippen LogP contribution in [0.4, 0.5) is 0 Å². The molecule has 0 spiro atoms. The van der Waals surface area contributed by atoms with Crippen LogP contribution in [0.25, 0.3) is 0 Å². The number of primary amides is 1. The van der Waals surface area contributed by atoms with Crippen LogP contribution in [0.1, 0.15) is 174 Å². The molecule has 14 nitrogen and oxygen atoms in total. The van der Waals surface area contributed by atoms with Crippen molar-refractivity contribution in [2.24, 2.45) is 28.7 Å². The van der Waals surface area contributed by atoms with E-state index in [-0.39, 0.29) is 18.7 Å². The molecular formula is C40H81N9O5. The fourth-order valence-electron chi connectivity index (χ4n) is 6.45. The number of nitrogens with two attached hydrogens (primary N) is 5. The number of carbonyl (C=O) groups is 5. The van der Waals surface area contributed by atoms with Gasteiger partial charge in [0.05, 0.1) is 0 Å². The zero-order valence-electron chi connectivity index (χ0n) is 34.0. The lowest BCUT2D eigenvalue weighted by atomic mass is 10.0. The summed E-state index contributed by atoms with van der Waals surface area (Å²) in [5.74, 6) is -2.40. The molecule has 0 fully saturated rings. The largest absolute Gasteiger partial charge is 0.368 e. The van der Waals surface area contributed by atoms with Gasteiger partial charge in [0.25, 0.3) is 0 Å². The Labute approximate surface area is 327 Å². The van der Waals surface area contributed by atoms with Crippen molar-refractivity contribution in [3.8, 4) is 0 Å². The third kappa shape index (κ3) is 27.7. The number of hydrogen-bond acceptors (Lipinski definition) is 9. The summed E-state index contributed by atoms with van der Waals surface area (Å²) < 4.78 is 0. The summed E-state index contributed by atoms with van der Waals surface area (Å²) in [6.45, 7) is 3.99. The van der Waals surface area contributed by atoms with Gasteiger partial charge < -0.3 is 49.9 Å². The quantitative estimate of drug-likeness (QED) is 0.0416. The molecule has 4 atom stereocenters. The van der Waals surface area contributed by atoms with E-state index in [2.05, 4.69) is 28.2 Å². The Morgan fingerprint density at radius 1 is 0.389 bits per heavy atom. The van der Waals surface area contributed by atoms with Gasteiger partial charge in [-0.25, -0.2) is 0 Å². The maximum Gasteiger partial charge on any atom is 0.243 e. The molecule has 0 radical (unpaired) electrons. The van der Waals surface area contributed by atoms with Crippen LogP contribution in [0.3, 0.4) is 0 Å². The van der Waals surface area contributed by atoms with E-state index in [0.717, 1.165) is 19.3 Å². The third-order valence-corrected chi connectivity index (χ3v) is 9.87. The monoisotopic (exact) mass is 768 g/mol. The van der Waals surface area contributed by atoms with Gasteiger partial charge in [0.2, 0.25) is 29.5 Å². The Kier molecular flexibility index (Phi) is 34.0. The molecule has 0 aliphatic heterocycles. The van der Waals surface area contributed by atoms with Gasteiger partial charge in [0.1, 0.15) is 24.2 Å². The first-order chi connectivity index (χ1) is 26.1. The average Bonchev–Trinajstić information content (AvgIpc) is 3.15. The molecule has 0 heterocycles. The highest BCUT2D eigenvalue weighted by Gasteiger charge is 2.30. The molecular weight excluding hydrogens is 686 g/mol. The molecule has 0 saturated heterocycles. The van der Waals surface area contributed by atoms with Crippen LogP contribution in [-0.4, -0.2) is 79.9 Å². The van der Waals surface area contributed by atoms with Gasteiger partial charge in [-0.2, -0.15) is 0 Å². The van der Waals surface area contributed by atoms with E-state index in [1.54, 1.807) is 0 Å². The molecule has 0 unspecified atom stereocenters. The maximum atomic E-state index is 13.7. The fourth-order valence-corrected chi connectivity index (χ4v) is 6.45. The molecule has 0 rings (SSSR count). The van der Waals surface area contributed by atoms with E-state index in [4.69, 9.17) is 28.7 Å². The number of hydrogen-bond donors (Lipinski definition) is 9. The van der Waals surface area contributed by atoms with Gasteiger partial charge in [-0.15, -0.1) is 0 Å². The van der Waals surface area contributed by atoms with E-state index in [0.29, 0.717) is 96.8 Å². The van der Waals surface area contributed by atoms with Gasteiger partial charge in [-0.1, -0.05) is 84.0 Å². The van der Waals surface area contributed by atoms with Crippen LogP contribution < -0.4 is 49.9 Å². The first-order valence-electron chi connectivity index (χ1n) is 21.4. The van der Waals surface area contributed by atoms with Crippen LogP contribution in [-0.2, 0) is 24.0 Å². The Hall–Kier alpha value is -2.81. The molecule has 14 heteroatoms. The molecule has 0 bridgehead atoms. The Balaban J connectivity index is 5.35. The lowest BCUT2D eigenvalue weighted by molar-refractivity contribution is -0.134. The van der Waals surface area contributed by atoms with Gasteiger partial charge in [0.15, 0.2) is 0 Å². The molecule has 5 amide bonds. The van der Waals surface area contributed by atoms with Crippen LogP contribution in [0.2, 0.25) is 0 Å². The molecule has 14 N–H and O–H groups in total. The summed E-state index contributed by atoms with van der Waals surface area (Å²) in [5.41, 5.74) is 28.3. The van der Waals surface area contributed by atoms with Crippen molar-refractivity contribution in [1.82, 2.24) is 21.3 Å². The van der Waals surface area contributed by atoms with Crippen LogP contribution in [0.15, 0.2) is 0 Å². The third-order valence-electron chi connectivity index (χ3n) is 9.87. The lowest BCUT2D eigenvalue weighted by Gasteiger charge is -2.26. The van der Waals surface area contributed by atoms with E-state index in [9.17, 15) is 24.0 Å². The van der Waals surface area contributed by atoms with Crippen LogP contribution >= 0.6 is 0 Å². The molecule has 0 aromatic rings. The molecule has 316 valence electrons. The van der Waals surface area contributed by atoms with Crippen LogP contribution in [0, 0.1) is 0 Å². The topological polar surface area (TPSA) is 264 Å². The maximum absolute atomic E-state index is 13.7. The van der Waals surface area contributed by atoms with E-state index in [1.807, 2.05) is 0 Å². The Bertz CT molecular complexity index is 987.